The van der Waals surface area contributed by atoms with Crippen molar-refractivity contribution in [3.63, 3.8) is 0 Å². The number of nitrogens with zero attached hydrogens (tertiary/aromatic N) is 4. The molecule has 196 valence electrons. The van der Waals surface area contributed by atoms with Crippen LogP contribution in [0, 0.1) is 22.7 Å². The smallest absolute Gasteiger partial charge is 0.101 e. The molecule has 0 aliphatic heterocycles. The average molecular weight is 537 g/mol. The van der Waals surface area contributed by atoms with Crippen LogP contribution in [0.2, 0.25) is 0 Å². The Morgan fingerprint density at radius 3 is 1.71 bits per heavy atom. The third-order valence-corrected chi connectivity index (χ3v) is 8.45. The molecule has 0 bridgehead atoms. The van der Waals surface area contributed by atoms with Crippen molar-refractivity contribution in [3.05, 3.63) is 138 Å². The summed E-state index contributed by atoms with van der Waals surface area (Å²) < 4.78 is 4.50. The van der Waals surface area contributed by atoms with Gasteiger partial charge in [0.2, 0.25) is 0 Å². The molecule has 0 saturated carbocycles. The zero-order chi connectivity index (χ0) is 28.2. The highest BCUT2D eigenvalue weighted by molar-refractivity contribution is 6.10. The lowest BCUT2D eigenvalue weighted by atomic mass is 9.93. The van der Waals surface area contributed by atoms with Crippen LogP contribution in [0.5, 0.6) is 0 Å². The number of rotatable bonds is 3. The minimum atomic E-state index is 0.464. The molecule has 4 heteroatoms. The number of allylic oxidation sites excluding steroid dienone is 1. The van der Waals surface area contributed by atoms with Crippen LogP contribution in [0.25, 0.3) is 61.3 Å². The average Bonchev–Trinajstić information content (AvgIpc) is 3.57. The molecule has 0 N–H and O–H groups in total. The van der Waals surface area contributed by atoms with E-state index in [9.17, 15) is 10.5 Å². The molecule has 0 saturated heterocycles. The first-order chi connectivity index (χ1) is 20.8. The zero-order valence-electron chi connectivity index (χ0n) is 22.8. The van der Waals surface area contributed by atoms with E-state index in [1.165, 1.54) is 11.3 Å². The van der Waals surface area contributed by atoms with E-state index in [2.05, 4.69) is 106 Å². The van der Waals surface area contributed by atoms with Crippen molar-refractivity contribution in [2.45, 2.75) is 12.8 Å². The van der Waals surface area contributed by atoms with Crippen LogP contribution in [0.3, 0.4) is 0 Å². The summed E-state index contributed by atoms with van der Waals surface area (Å²) in [5, 5.41) is 24.7. The zero-order valence-corrected chi connectivity index (χ0v) is 22.8. The monoisotopic (exact) mass is 536 g/mol. The van der Waals surface area contributed by atoms with Gasteiger partial charge in [-0.3, -0.25) is 0 Å². The van der Waals surface area contributed by atoms with Gasteiger partial charge in [0.1, 0.15) is 12.1 Å². The van der Waals surface area contributed by atoms with E-state index in [0.717, 1.165) is 68.1 Å². The minimum Gasteiger partial charge on any atom is -0.311 e. The van der Waals surface area contributed by atoms with Crippen molar-refractivity contribution in [1.82, 2.24) is 9.13 Å². The maximum Gasteiger partial charge on any atom is 0.101 e. The lowest BCUT2D eigenvalue weighted by Crippen LogP contribution is -2.11. The minimum absolute atomic E-state index is 0.464. The summed E-state index contributed by atoms with van der Waals surface area (Å²) in [7, 11) is 0. The number of benzene rings is 5. The standard InChI is InChI=1S/C38H24N4/c39-23-26-22-27(24-40)38(42-34-20-10-6-16-30(34)31-17-7-11-21-35(31)42)36(25-12-2-1-3-13-25)37(26)41-32-18-8-4-14-28(32)29-15-5-9-19-33(29)41/h1-10,12-20,22H,11,21H2. The Balaban J connectivity index is 1.64. The van der Waals surface area contributed by atoms with Crippen LogP contribution in [0.15, 0.2) is 115 Å². The van der Waals surface area contributed by atoms with E-state index < -0.39 is 0 Å². The number of hydrogen-bond acceptors (Lipinski definition) is 2. The number of nitriles is 2. The van der Waals surface area contributed by atoms with Crippen molar-refractivity contribution >= 4 is 38.8 Å². The molecule has 42 heavy (non-hydrogen) atoms. The molecule has 0 fully saturated rings. The predicted octanol–water partition coefficient (Wildman–Crippen LogP) is 9.10. The predicted molar refractivity (Wildman–Crippen MR) is 170 cm³/mol. The number of aromatic nitrogens is 2. The van der Waals surface area contributed by atoms with Gasteiger partial charge in [-0.2, -0.15) is 10.5 Å². The van der Waals surface area contributed by atoms with Crippen molar-refractivity contribution in [2.75, 3.05) is 0 Å². The van der Waals surface area contributed by atoms with Gasteiger partial charge in [-0.15, -0.1) is 0 Å². The van der Waals surface area contributed by atoms with Gasteiger partial charge in [-0.05, 0) is 42.7 Å². The van der Waals surface area contributed by atoms with Gasteiger partial charge in [0.05, 0.1) is 39.1 Å². The van der Waals surface area contributed by atoms with Crippen LogP contribution in [-0.2, 0) is 6.42 Å². The van der Waals surface area contributed by atoms with Gasteiger partial charge in [0, 0.05) is 33.0 Å². The van der Waals surface area contributed by atoms with Gasteiger partial charge in [-0.1, -0.05) is 97.1 Å². The second-order valence-electron chi connectivity index (χ2n) is 10.7. The van der Waals surface area contributed by atoms with Crippen LogP contribution in [-0.4, -0.2) is 9.13 Å². The Morgan fingerprint density at radius 2 is 1.10 bits per heavy atom. The van der Waals surface area contributed by atoms with Gasteiger partial charge in [0.25, 0.3) is 0 Å². The summed E-state index contributed by atoms with van der Waals surface area (Å²) in [4.78, 5) is 0. The second-order valence-corrected chi connectivity index (χ2v) is 10.7. The molecule has 2 aromatic heterocycles. The van der Waals surface area contributed by atoms with Crippen molar-refractivity contribution in [3.8, 4) is 34.6 Å². The molecule has 4 nitrogen and oxygen atoms in total. The van der Waals surface area contributed by atoms with Gasteiger partial charge in [-0.25, -0.2) is 0 Å². The number of hydrogen-bond donors (Lipinski definition) is 0. The maximum absolute atomic E-state index is 10.7. The molecule has 5 aromatic carbocycles. The topological polar surface area (TPSA) is 57.4 Å². The first-order valence-corrected chi connectivity index (χ1v) is 14.1. The van der Waals surface area contributed by atoms with E-state index in [1.54, 1.807) is 6.07 Å². The molecule has 0 amide bonds. The fraction of sp³-hybridized carbons (Fsp3) is 0.0526. The first kappa shape index (κ1) is 24.0. The number of para-hydroxylation sites is 3. The van der Waals surface area contributed by atoms with Crippen LogP contribution < -0.4 is 0 Å². The summed E-state index contributed by atoms with van der Waals surface area (Å²) in [6, 6.07) is 42.0. The Bertz CT molecular complexity index is 2260. The fourth-order valence-corrected chi connectivity index (χ4v) is 6.77. The highest BCUT2D eigenvalue weighted by Crippen LogP contribution is 2.44. The van der Waals surface area contributed by atoms with Crippen LogP contribution in [0.1, 0.15) is 28.8 Å². The number of fused-ring (bicyclic) bond motifs is 6. The van der Waals surface area contributed by atoms with Crippen LogP contribution >= 0.6 is 0 Å². The normalized spacial score (nSPS) is 12.4. The molecule has 1 aliphatic carbocycles. The first-order valence-electron chi connectivity index (χ1n) is 14.1. The highest BCUT2D eigenvalue weighted by Gasteiger charge is 2.28. The Morgan fingerprint density at radius 1 is 0.571 bits per heavy atom. The molecule has 1 aliphatic rings. The van der Waals surface area contributed by atoms with Crippen molar-refractivity contribution in [2.24, 2.45) is 0 Å². The third kappa shape index (κ3) is 3.33. The van der Waals surface area contributed by atoms with E-state index in [-0.39, 0.29) is 0 Å². The van der Waals surface area contributed by atoms with Crippen molar-refractivity contribution in [1.29, 1.82) is 10.5 Å². The SMILES string of the molecule is N#Cc1cc(C#N)c(-n2c3ccccc3c3ccccc32)c(-c2ccccc2)c1-n1c2c(c3ccccc31)C=CCC2. The van der Waals surface area contributed by atoms with Gasteiger partial charge >= 0.3 is 0 Å². The molecule has 8 rings (SSSR count). The molecule has 7 aromatic rings. The Hall–Kier alpha value is -5.84. The lowest BCUT2D eigenvalue weighted by Gasteiger charge is -2.23. The van der Waals surface area contributed by atoms with E-state index in [4.69, 9.17) is 0 Å². The van der Waals surface area contributed by atoms with E-state index in [1.807, 2.05) is 30.3 Å². The summed E-state index contributed by atoms with van der Waals surface area (Å²) in [5.74, 6) is 0. The Labute approximate surface area is 243 Å². The van der Waals surface area contributed by atoms with E-state index >= 15 is 0 Å². The third-order valence-electron chi connectivity index (χ3n) is 8.45. The molecule has 0 unspecified atom stereocenters. The Kier molecular flexibility index (Phi) is 5.36. The molecular weight excluding hydrogens is 512 g/mol. The van der Waals surface area contributed by atoms with Gasteiger partial charge in [0.15, 0.2) is 0 Å². The maximum atomic E-state index is 10.7. The summed E-state index contributed by atoms with van der Waals surface area (Å²) in [5.41, 5.74) is 9.84. The summed E-state index contributed by atoms with van der Waals surface area (Å²) in [6.07, 6.45) is 6.24. The quantitative estimate of drug-likeness (QED) is 0.226. The molecule has 0 radical (unpaired) electrons. The summed E-state index contributed by atoms with van der Waals surface area (Å²) in [6.45, 7) is 0. The molecular formula is C38H24N4. The van der Waals surface area contributed by atoms with Gasteiger partial charge < -0.3 is 9.13 Å². The van der Waals surface area contributed by atoms with E-state index in [0.29, 0.717) is 11.1 Å². The molecule has 0 atom stereocenters. The largest absolute Gasteiger partial charge is 0.311 e. The second kappa shape index (κ2) is 9.37. The molecule has 2 heterocycles. The fourth-order valence-electron chi connectivity index (χ4n) is 6.77. The molecule has 0 spiro atoms. The lowest BCUT2D eigenvalue weighted by molar-refractivity contribution is 0.887. The van der Waals surface area contributed by atoms with Crippen LogP contribution in [0.4, 0.5) is 0 Å². The summed E-state index contributed by atoms with van der Waals surface area (Å²) >= 11 is 0. The highest BCUT2D eigenvalue weighted by atomic mass is 15.0. The van der Waals surface area contributed by atoms with Crippen molar-refractivity contribution < 1.29 is 0 Å².